The molecule has 0 aliphatic carbocycles. The van der Waals surface area contributed by atoms with Gasteiger partial charge in [-0.2, -0.15) is 0 Å². The van der Waals surface area contributed by atoms with Gasteiger partial charge in [0.25, 0.3) is 0 Å². The first-order valence-corrected chi connectivity index (χ1v) is 8.17. The van der Waals surface area contributed by atoms with E-state index in [2.05, 4.69) is 19.2 Å². The van der Waals surface area contributed by atoms with E-state index < -0.39 is 0 Å². The Kier molecular flexibility index (Phi) is 7.63. The van der Waals surface area contributed by atoms with Crippen molar-refractivity contribution in [1.29, 1.82) is 0 Å². The molecule has 20 heavy (non-hydrogen) atoms. The van der Waals surface area contributed by atoms with Crippen molar-refractivity contribution in [2.24, 2.45) is 5.92 Å². The van der Waals surface area contributed by atoms with Gasteiger partial charge in [0.15, 0.2) is 0 Å². The summed E-state index contributed by atoms with van der Waals surface area (Å²) in [7, 11) is 0. The van der Waals surface area contributed by atoms with Crippen LogP contribution in [0.2, 0.25) is 0 Å². The molecule has 116 valence electrons. The smallest absolute Gasteiger partial charge is 0.224 e. The lowest BCUT2D eigenvalue weighted by atomic mass is 10.0. The predicted molar refractivity (Wildman–Crippen MR) is 81.3 cm³/mol. The van der Waals surface area contributed by atoms with E-state index in [9.17, 15) is 9.59 Å². The largest absolute Gasteiger partial charge is 0.353 e. The van der Waals surface area contributed by atoms with E-state index in [1.165, 1.54) is 0 Å². The summed E-state index contributed by atoms with van der Waals surface area (Å²) in [5.41, 5.74) is 0. The lowest BCUT2D eigenvalue weighted by Gasteiger charge is -2.27. The molecule has 4 nitrogen and oxygen atoms in total. The maximum Gasteiger partial charge on any atom is 0.224 e. The van der Waals surface area contributed by atoms with Crippen molar-refractivity contribution in [3.63, 3.8) is 0 Å². The Morgan fingerprint density at radius 2 is 2.00 bits per heavy atom. The van der Waals surface area contributed by atoms with Crippen LogP contribution in [0.5, 0.6) is 0 Å². The van der Waals surface area contributed by atoms with Crippen LogP contribution in [0.3, 0.4) is 0 Å². The zero-order valence-corrected chi connectivity index (χ0v) is 13.3. The van der Waals surface area contributed by atoms with Gasteiger partial charge in [0.1, 0.15) is 0 Å². The van der Waals surface area contributed by atoms with Crippen molar-refractivity contribution in [2.75, 3.05) is 13.1 Å². The fourth-order valence-corrected chi connectivity index (χ4v) is 2.81. The summed E-state index contributed by atoms with van der Waals surface area (Å²) in [6, 6.07) is 0.0354. The third kappa shape index (κ3) is 5.51. The maximum absolute atomic E-state index is 12.4. The molecular weight excluding hydrogens is 252 g/mol. The molecular formula is C16H30N2O2. The maximum atomic E-state index is 12.4. The van der Waals surface area contributed by atoms with Crippen molar-refractivity contribution >= 4 is 11.8 Å². The molecule has 1 heterocycles. The van der Waals surface area contributed by atoms with Crippen LogP contribution in [0.15, 0.2) is 0 Å². The lowest BCUT2D eigenvalue weighted by molar-refractivity contribution is -0.132. The highest BCUT2D eigenvalue weighted by atomic mass is 16.2. The molecule has 1 unspecified atom stereocenters. The van der Waals surface area contributed by atoms with Gasteiger partial charge in [-0.1, -0.05) is 33.1 Å². The van der Waals surface area contributed by atoms with Crippen LogP contribution in [0, 0.1) is 5.92 Å². The number of carbonyl (C=O) groups excluding carboxylic acids is 2. The monoisotopic (exact) mass is 282 g/mol. The summed E-state index contributed by atoms with van der Waals surface area (Å²) in [6.45, 7) is 8.00. The first-order valence-electron chi connectivity index (χ1n) is 8.17. The van der Waals surface area contributed by atoms with E-state index in [4.69, 9.17) is 0 Å². The minimum atomic E-state index is 0.0354. The molecule has 1 atom stereocenters. The average Bonchev–Trinajstić information content (AvgIpc) is 2.64. The second-order valence-electron chi connectivity index (χ2n) is 5.83. The van der Waals surface area contributed by atoms with Gasteiger partial charge in [0, 0.05) is 32.0 Å². The molecule has 0 aromatic carbocycles. The Morgan fingerprint density at radius 3 is 2.60 bits per heavy atom. The van der Waals surface area contributed by atoms with Crippen molar-refractivity contribution < 1.29 is 9.59 Å². The molecule has 1 fully saturated rings. The molecule has 1 N–H and O–H groups in total. The van der Waals surface area contributed by atoms with E-state index in [1.54, 1.807) is 0 Å². The van der Waals surface area contributed by atoms with E-state index >= 15 is 0 Å². The second-order valence-corrected chi connectivity index (χ2v) is 5.83. The number of amides is 2. The van der Waals surface area contributed by atoms with Gasteiger partial charge in [-0.3, -0.25) is 9.59 Å². The van der Waals surface area contributed by atoms with Crippen LogP contribution in [-0.4, -0.2) is 35.8 Å². The Bertz CT molecular complexity index is 314. The number of carbonyl (C=O) groups is 2. The van der Waals surface area contributed by atoms with Gasteiger partial charge in [-0.05, 0) is 25.7 Å². The van der Waals surface area contributed by atoms with Gasteiger partial charge in [0.05, 0.1) is 0 Å². The highest BCUT2D eigenvalue weighted by Gasteiger charge is 2.22. The van der Waals surface area contributed by atoms with Crippen LogP contribution < -0.4 is 5.32 Å². The fraction of sp³-hybridized carbons (Fsp3) is 0.875. The topological polar surface area (TPSA) is 49.4 Å². The van der Waals surface area contributed by atoms with E-state index in [0.717, 1.165) is 45.2 Å². The average molecular weight is 282 g/mol. The standard InChI is InChI=1S/C16H30N2O2/c1-4-13(5-2)12-18(6-3)16(20)11-14-9-7-8-10-15(19)17-14/h13-14H,4-12H2,1-3H3,(H,17,19). The molecule has 1 aliphatic heterocycles. The zero-order valence-electron chi connectivity index (χ0n) is 13.3. The zero-order chi connectivity index (χ0) is 15.0. The highest BCUT2D eigenvalue weighted by molar-refractivity contribution is 5.80. The van der Waals surface area contributed by atoms with Crippen molar-refractivity contribution in [3.05, 3.63) is 0 Å². The minimum Gasteiger partial charge on any atom is -0.353 e. The van der Waals surface area contributed by atoms with Crippen molar-refractivity contribution in [2.45, 2.75) is 71.8 Å². The Labute approximate surface area is 123 Å². The molecule has 1 aliphatic rings. The van der Waals surface area contributed by atoms with Crippen LogP contribution in [0.1, 0.15) is 65.7 Å². The van der Waals surface area contributed by atoms with Crippen LogP contribution >= 0.6 is 0 Å². The van der Waals surface area contributed by atoms with Crippen LogP contribution in [-0.2, 0) is 9.59 Å². The van der Waals surface area contributed by atoms with E-state index in [0.29, 0.717) is 18.8 Å². The van der Waals surface area contributed by atoms with Gasteiger partial charge in [-0.15, -0.1) is 0 Å². The summed E-state index contributed by atoms with van der Waals surface area (Å²) >= 11 is 0. The Morgan fingerprint density at radius 1 is 1.30 bits per heavy atom. The Hall–Kier alpha value is -1.06. The Balaban J connectivity index is 2.51. The van der Waals surface area contributed by atoms with E-state index in [-0.39, 0.29) is 17.9 Å². The SMILES string of the molecule is CCC(CC)CN(CC)C(=O)CC1CCCCC(=O)N1. The third-order valence-corrected chi connectivity index (χ3v) is 4.36. The molecule has 0 bridgehead atoms. The lowest BCUT2D eigenvalue weighted by Crippen LogP contribution is -2.41. The quantitative estimate of drug-likeness (QED) is 0.780. The number of hydrogen-bond donors (Lipinski definition) is 1. The molecule has 2 amide bonds. The third-order valence-electron chi connectivity index (χ3n) is 4.36. The molecule has 0 radical (unpaired) electrons. The highest BCUT2D eigenvalue weighted by Crippen LogP contribution is 2.15. The molecule has 0 aromatic rings. The number of nitrogens with one attached hydrogen (secondary N) is 1. The number of nitrogens with zero attached hydrogens (tertiary/aromatic N) is 1. The van der Waals surface area contributed by atoms with Crippen LogP contribution in [0.4, 0.5) is 0 Å². The second kappa shape index (κ2) is 8.98. The van der Waals surface area contributed by atoms with Crippen molar-refractivity contribution in [1.82, 2.24) is 10.2 Å². The minimum absolute atomic E-state index is 0.0354. The summed E-state index contributed by atoms with van der Waals surface area (Å²) < 4.78 is 0. The molecule has 4 heteroatoms. The first-order chi connectivity index (χ1) is 9.60. The predicted octanol–water partition coefficient (Wildman–Crippen LogP) is 2.72. The van der Waals surface area contributed by atoms with Crippen molar-refractivity contribution in [3.8, 4) is 0 Å². The summed E-state index contributed by atoms with van der Waals surface area (Å²) in [5, 5.41) is 2.98. The number of hydrogen-bond acceptors (Lipinski definition) is 2. The molecule has 1 rings (SSSR count). The van der Waals surface area contributed by atoms with Gasteiger partial charge >= 0.3 is 0 Å². The van der Waals surface area contributed by atoms with Gasteiger partial charge < -0.3 is 10.2 Å². The first kappa shape index (κ1) is 17.0. The number of rotatable bonds is 7. The molecule has 0 spiro atoms. The van der Waals surface area contributed by atoms with Gasteiger partial charge in [-0.25, -0.2) is 0 Å². The fourth-order valence-electron chi connectivity index (χ4n) is 2.81. The summed E-state index contributed by atoms with van der Waals surface area (Å²) in [5.74, 6) is 0.873. The molecule has 0 aromatic heterocycles. The van der Waals surface area contributed by atoms with E-state index in [1.807, 2.05) is 11.8 Å². The van der Waals surface area contributed by atoms with Gasteiger partial charge in [0.2, 0.25) is 11.8 Å². The summed E-state index contributed by atoms with van der Waals surface area (Å²) in [4.78, 5) is 25.9. The van der Waals surface area contributed by atoms with Crippen LogP contribution in [0.25, 0.3) is 0 Å². The molecule has 0 saturated carbocycles. The summed E-state index contributed by atoms with van der Waals surface area (Å²) in [6.07, 6.45) is 6.20. The normalized spacial score (nSPS) is 19.6. The molecule has 1 saturated heterocycles.